The summed E-state index contributed by atoms with van der Waals surface area (Å²) in [6, 6.07) is 13.6. The van der Waals surface area contributed by atoms with Crippen LogP contribution in [0.2, 0.25) is 0 Å². The lowest BCUT2D eigenvalue weighted by Gasteiger charge is -2.00. The number of non-ortho nitro benzene ring substituents is 1. The number of aromatic nitrogens is 1. The maximum absolute atomic E-state index is 12.6. The molecule has 0 unspecified atom stereocenters. The molecule has 134 valence electrons. The van der Waals surface area contributed by atoms with Gasteiger partial charge in [0, 0.05) is 34.0 Å². The first-order valence-corrected chi connectivity index (χ1v) is 8.91. The van der Waals surface area contributed by atoms with Gasteiger partial charge in [0.15, 0.2) is 10.9 Å². The van der Waals surface area contributed by atoms with Crippen molar-refractivity contribution in [3.8, 4) is 11.3 Å². The number of carbonyl (C=O) groups excluding carboxylic acids is 1. The van der Waals surface area contributed by atoms with E-state index in [1.807, 2.05) is 31.2 Å². The third-order valence-electron chi connectivity index (χ3n) is 4.13. The number of para-hydroxylation sites is 1. The number of benzene rings is 2. The molecule has 8 heteroatoms. The number of hydrogen-bond acceptors (Lipinski definition) is 6. The molecule has 27 heavy (non-hydrogen) atoms. The first-order chi connectivity index (χ1) is 13.0. The quantitative estimate of drug-likeness (QED) is 0.396. The lowest BCUT2D eigenvalue weighted by molar-refractivity contribution is -0.384. The van der Waals surface area contributed by atoms with Gasteiger partial charge in [-0.25, -0.2) is 4.98 Å². The zero-order valence-corrected chi connectivity index (χ0v) is 14.9. The van der Waals surface area contributed by atoms with Gasteiger partial charge in [0.25, 0.3) is 11.6 Å². The lowest BCUT2D eigenvalue weighted by atomic mass is 10.1. The molecule has 0 fully saturated rings. The molecule has 0 bridgehead atoms. The van der Waals surface area contributed by atoms with Crippen molar-refractivity contribution in [2.75, 3.05) is 5.32 Å². The first-order valence-electron chi connectivity index (χ1n) is 8.03. The van der Waals surface area contributed by atoms with Crippen molar-refractivity contribution in [3.63, 3.8) is 0 Å². The number of nitrogens with zero attached hydrogens (tertiary/aromatic N) is 2. The predicted octanol–water partition coefficient (Wildman–Crippen LogP) is 5.03. The van der Waals surface area contributed by atoms with Crippen molar-refractivity contribution in [1.82, 2.24) is 4.98 Å². The minimum Gasteiger partial charge on any atom is -0.451 e. The Hall–Kier alpha value is -3.52. The summed E-state index contributed by atoms with van der Waals surface area (Å²) >= 11 is 1.24. The van der Waals surface area contributed by atoms with Gasteiger partial charge >= 0.3 is 0 Å². The van der Waals surface area contributed by atoms with Crippen LogP contribution in [-0.2, 0) is 0 Å². The van der Waals surface area contributed by atoms with Gasteiger partial charge in [-0.3, -0.25) is 20.2 Å². The number of nitro benzene ring substituents is 1. The van der Waals surface area contributed by atoms with E-state index in [2.05, 4.69) is 10.3 Å². The summed E-state index contributed by atoms with van der Waals surface area (Å²) in [4.78, 5) is 27.4. The Morgan fingerprint density at radius 1 is 1.22 bits per heavy atom. The molecule has 0 saturated carbocycles. The van der Waals surface area contributed by atoms with Crippen molar-refractivity contribution in [2.45, 2.75) is 6.92 Å². The average Bonchev–Trinajstić information content (AvgIpc) is 3.27. The molecule has 1 amide bonds. The summed E-state index contributed by atoms with van der Waals surface area (Å²) in [5.74, 6) is -0.146. The minimum atomic E-state index is -0.455. The van der Waals surface area contributed by atoms with E-state index in [-0.39, 0.29) is 17.4 Å². The van der Waals surface area contributed by atoms with E-state index >= 15 is 0 Å². The highest BCUT2D eigenvalue weighted by molar-refractivity contribution is 7.14. The van der Waals surface area contributed by atoms with Crippen LogP contribution in [0.25, 0.3) is 22.2 Å². The van der Waals surface area contributed by atoms with Gasteiger partial charge < -0.3 is 4.42 Å². The van der Waals surface area contributed by atoms with E-state index in [1.165, 1.54) is 23.5 Å². The van der Waals surface area contributed by atoms with E-state index in [0.29, 0.717) is 22.0 Å². The monoisotopic (exact) mass is 379 g/mol. The number of amides is 1. The highest BCUT2D eigenvalue weighted by Crippen LogP contribution is 2.29. The fourth-order valence-electron chi connectivity index (χ4n) is 2.79. The number of carbonyl (C=O) groups is 1. The smallest absolute Gasteiger partial charge is 0.293 e. The van der Waals surface area contributed by atoms with E-state index in [9.17, 15) is 14.9 Å². The van der Waals surface area contributed by atoms with E-state index < -0.39 is 4.92 Å². The third-order valence-corrected chi connectivity index (χ3v) is 4.89. The summed E-state index contributed by atoms with van der Waals surface area (Å²) in [7, 11) is 0. The van der Waals surface area contributed by atoms with Crippen molar-refractivity contribution >= 4 is 39.0 Å². The van der Waals surface area contributed by atoms with Gasteiger partial charge in [0.05, 0.1) is 10.6 Å². The lowest BCUT2D eigenvalue weighted by Crippen LogP contribution is -2.11. The molecule has 2 heterocycles. The maximum Gasteiger partial charge on any atom is 0.293 e. The molecule has 2 aromatic heterocycles. The topological polar surface area (TPSA) is 98.3 Å². The number of fused-ring (bicyclic) bond motifs is 1. The highest BCUT2D eigenvalue weighted by Gasteiger charge is 2.19. The Kier molecular flexibility index (Phi) is 4.17. The summed E-state index contributed by atoms with van der Waals surface area (Å²) in [6.45, 7) is 1.83. The van der Waals surface area contributed by atoms with E-state index in [4.69, 9.17) is 4.42 Å². The van der Waals surface area contributed by atoms with Gasteiger partial charge in [-0.1, -0.05) is 30.3 Å². The molecule has 0 aliphatic carbocycles. The van der Waals surface area contributed by atoms with Crippen LogP contribution in [0, 0.1) is 17.0 Å². The van der Waals surface area contributed by atoms with Gasteiger partial charge in [-0.15, -0.1) is 11.3 Å². The van der Waals surface area contributed by atoms with Crippen molar-refractivity contribution in [2.24, 2.45) is 0 Å². The molecule has 0 aliphatic heterocycles. The molecule has 2 aromatic carbocycles. The van der Waals surface area contributed by atoms with E-state index in [0.717, 1.165) is 10.9 Å². The van der Waals surface area contributed by atoms with E-state index in [1.54, 1.807) is 17.5 Å². The molecule has 0 aliphatic rings. The molecule has 4 aromatic rings. The number of aryl methyl sites for hydroxylation is 1. The fourth-order valence-corrected chi connectivity index (χ4v) is 3.50. The second-order valence-electron chi connectivity index (χ2n) is 5.85. The Bertz CT molecular complexity index is 1180. The first kappa shape index (κ1) is 16.9. The van der Waals surface area contributed by atoms with Gasteiger partial charge in [0.2, 0.25) is 0 Å². The number of nitro groups is 1. The summed E-state index contributed by atoms with van der Waals surface area (Å²) in [5, 5.41) is 16.7. The Labute approximate surface area is 157 Å². The van der Waals surface area contributed by atoms with Gasteiger partial charge in [0.1, 0.15) is 5.58 Å². The molecule has 0 saturated heterocycles. The largest absolute Gasteiger partial charge is 0.451 e. The average molecular weight is 379 g/mol. The Morgan fingerprint density at radius 3 is 2.81 bits per heavy atom. The van der Waals surface area contributed by atoms with Crippen LogP contribution in [0.5, 0.6) is 0 Å². The third kappa shape index (κ3) is 3.18. The number of furan rings is 1. The molecule has 1 N–H and O–H groups in total. The zero-order chi connectivity index (χ0) is 19.0. The van der Waals surface area contributed by atoms with Crippen molar-refractivity contribution in [1.29, 1.82) is 0 Å². The summed E-state index contributed by atoms with van der Waals surface area (Å²) < 4.78 is 5.66. The minimum absolute atomic E-state index is 0.0102. The molecular weight excluding hydrogens is 366 g/mol. The predicted molar refractivity (Wildman–Crippen MR) is 103 cm³/mol. The SMILES string of the molecule is Cc1c(C(=O)Nc2nc(-c3cccc([N+](=O)[O-])c3)cs2)oc2ccccc12. The molecule has 4 rings (SSSR count). The normalized spacial score (nSPS) is 10.9. The van der Waals surface area contributed by atoms with Crippen molar-refractivity contribution < 1.29 is 14.1 Å². The maximum atomic E-state index is 12.6. The van der Waals surface area contributed by atoms with Crippen LogP contribution >= 0.6 is 11.3 Å². The number of thiazole rings is 1. The Balaban J connectivity index is 1.59. The van der Waals surface area contributed by atoms with Crippen LogP contribution in [-0.4, -0.2) is 15.8 Å². The molecule has 0 radical (unpaired) electrons. The van der Waals surface area contributed by atoms with Crippen LogP contribution in [0.3, 0.4) is 0 Å². The number of anilines is 1. The number of rotatable bonds is 4. The number of nitrogens with one attached hydrogen (secondary N) is 1. The summed E-state index contributed by atoms with van der Waals surface area (Å²) in [5.41, 5.74) is 2.57. The second-order valence-corrected chi connectivity index (χ2v) is 6.71. The van der Waals surface area contributed by atoms with Gasteiger partial charge in [-0.2, -0.15) is 0 Å². The fraction of sp³-hybridized carbons (Fsp3) is 0.0526. The highest BCUT2D eigenvalue weighted by atomic mass is 32.1. The summed E-state index contributed by atoms with van der Waals surface area (Å²) in [6.07, 6.45) is 0. The molecule has 7 nitrogen and oxygen atoms in total. The van der Waals surface area contributed by atoms with Crippen molar-refractivity contribution in [3.05, 3.63) is 75.3 Å². The number of hydrogen-bond donors (Lipinski definition) is 1. The van der Waals surface area contributed by atoms with Crippen LogP contribution in [0.15, 0.2) is 58.3 Å². The zero-order valence-electron chi connectivity index (χ0n) is 14.1. The van der Waals surface area contributed by atoms with Crippen LogP contribution in [0.4, 0.5) is 10.8 Å². The van der Waals surface area contributed by atoms with Gasteiger partial charge in [-0.05, 0) is 13.0 Å². The second kappa shape index (κ2) is 6.65. The van der Waals surface area contributed by atoms with Crippen LogP contribution < -0.4 is 5.32 Å². The standard InChI is InChI=1S/C19H13N3O4S/c1-11-14-7-2-3-8-16(14)26-17(11)18(23)21-19-20-15(10-27-19)12-5-4-6-13(9-12)22(24)25/h2-10H,1H3,(H,20,21,23). The molecule has 0 atom stereocenters. The molecular formula is C19H13N3O4S. The van der Waals surface area contributed by atoms with Crippen LogP contribution in [0.1, 0.15) is 16.1 Å². The molecule has 0 spiro atoms. The Morgan fingerprint density at radius 2 is 2.04 bits per heavy atom.